The van der Waals surface area contributed by atoms with Gasteiger partial charge in [-0.2, -0.15) is 5.26 Å². The average Bonchev–Trinajstić information content (AvgIpc) is 2.48. The summed E-state index contributed by atoms with van der Waals surface area (Å²) in [7, 11) is 0. The number of benzene rings is 1. The summed E-state index contributed by atoms with van der Waals surface area (Å²) >= 11 is 0. The largest absolute Gasteiger partial charge is 0.324 e. The minimum Gasteiger partial charge on any atom is -0.324 e. The maximum Gasteiger partial charge on any atom is 0.270 e. The molecule has 0 radical (unpaired) electrons. The highest BCUT2D eigenvalue weighted by Crippen LogP contribution is 2.30. The van der Waals surface area contributed by atoms with Crippen LogP contribution in [0.15, 0.2) is 18.2 Å². The zero-order chi connectivity index (χ0) is 15.5. The summed E-state index contributed by atoms with van der Waals surface area (Å²) in [6, 6.07) is 5.73. The SMILES string of the molecule is CC1(C(=O)Nc2ccc([N+](=O)[O-])cc2C#N)CCNCC1. The Balaban J connectivity index is 2.21. The van der Waals surface area contributed by atoms with Crippen LogP contribution in [0, 0.1) is 26.9 Å². The second kappa shape index (κ2) is 5.89. The van der Waals surface area contributed by atoms with Gasteiger partial charge in [-0.1, -0.05) is 6.92 Å². The Hall–Kier alpha value is -2.46. The van der Waals surface area contributed by atoms with Crippen LogP contribution in [-0.4, -0.2) is 23.9 Å². The summed E-state index contributed by atoms with van der Waals surface area (Å²) < 4.78 is 0. The number of hydrogen-bond acceptors (Lipinski definition) is 5. The Labute approximate surface area is 122 Å². The first-order chi connectivity index (χ1) is 9.96. The molecule has 0 atom stereocenters. The minimum absolute atomic E-state index is 0.0927. The van der Waals surface area contributed by atoms with Crippen LogP contribution in [0.25, 0.3) is 0 Å². The van der Waals surface area contributed by atoms with E-state index in [0.717, 1.165) is 13.1 Å². The van der Waals surface area contributed by atoms with Crippen molar-refractivity contribution < 1.29 is 9.72 Å². The lowest BCUT2D eigenvalue weighted by Gasteiger charge is -2.32. The van der Waals surface area contributed by atoms with Crippen LogP contribution < -0.4 is 10.6 Å². The van der Waals surface area contributed by atoms with Gasteiger partial charge in [-0.25, -0.2) is 0 Å². The van der Waals surface area contributed by atoms with Crippen molar-refractivity contribution in [3.05, 3.63) is 33.9 Å². The minimum atomic E-state index is -0.569. The number of nitro groups is 1. The number of non-ortho nitro benzene ring substituents is 1. The van der Waals surface area contributed by atoms with E-state index in [-0.39, 0.29) is 17.2 Å². The van der Waals surface area contributed by atoms with E-state index in [0.29, 0.717) is 18.5 Å². The fraction of sp³-hybridized carbons (Fsp3) is 0.429. The predicted molar refractivity (Wildman–Crippen MR) is 76.7 cm³/mol. The maximum absolute atomic E-state index is 12.4. The molecule has 0 aliphatic carbocycles. The number of nitrogens with one attached hydrogen (secondary N) is 2. The summed E-state index contributed by atoms with van der Waals surface area (Å²) in [5, 5.41) is 25.7. The van der Waals surface area contributed by atoms with Gasteiger partial charge in [-0.05, 0) is 32.0 Å². The molecule has 1 heterocycles. The summed E-state index contributed by atoms with van der Waals surface area (Å²) in [6.45, 7) is 3.44. The quantitative estimate of drug-likeness (QED) is 0.651. The first-order valence-electron chi connectivity index (χ1n) is 6.67. The van der Waals surface area contributed by atoms with Gasteiger partial charge < -0.3 is 10.6 Å². The molecule has 110 valence electrons. The van der Waals surface area contributed by atoms with Gasteiger partial charge in [-0.15, -0.1) is 0 Å². The summed E-state index contributed by atoms with van der Waals surface area (Å²) in [4.78, 5) is 22.5. The molecule has 1 amide bonds. The number of carbonyl (C=O) groups is 1. The molecule has 1 aromatic carbocycles. The first kappa shape index (κ1) is 14.9. The van der Waals surface area contributed by atoms with E-state index in [4.69, 9.17) is 5.26 Å². The Morgan fingerprint density at radius 2 is 2.14 bits per heavy atom. The van der Waals surface area contributed by atoms with Crippen LogP contribution in [0.1, 0.15) is 25.3 Å². The van der Waals surface area contributed by atoms with Gasteiger partial charge in [0.2, 0.25) is 5.91 Å². The lowest BCUT2D eigenvalue weighted by Crippen LogP contribution is -2.42. The number of hydrogen-bond donors (Lipinski definition) is 2. The Kier molecular flexibility index (Phi) is 4.19. The molecular weight excluding hydrogens is 272 g/mol. The molecule has 2 rings (SSSR count). The monoisotopic (exact) mass is 288 g/mol. The van der Waals surface area contributed by atoms with Crippen molar-refractivity contribution in [2.75, 3.05) is 18.4 Å². The molecule has 0 unspecified atom stereocenters. The lowest BCUT2D eigenvalue weighted by molar-refractivity contribution is -0.384. The summed E-state index contributed by atoms with van der Waals surface area (Å²) in [5.41, 5.74) is -0.250. The molecule has 7 nitrogen and oxygen atoms in total. The van der Waals surface area contributed by atoms with Crippen LogP contribution in [0.2, 0.25) is 0 Å². The van der Waals surface area contributed by atoms with E-state index in [1.807, 2.05) is 13.0 Å². The second-order valence-corrected chi connectivity index (χ2v) is 5.36. The number of piperidine rings is 1. The fourth-order valence-corrected chi connectivity index (χ4v) is 2.33. The van der Waals surface area contributed by atoms with E-state index in [1.54, 1.807) is 0 Å². The van der Waals surface area contributed by atoms with Crippen LogP contribution in [-0.2, 0) is 4.79 Å². The molecule has 2 N–H and O–H groups in total. The molecular formula is C14H16N4O3. The zero-order valence-electron chi connectivity index (χ0n) is 11.7. The van der Waals surface area contributed by atoms with E-state index >= 15 is 0 Å². The highest BCUT2D eigenvalue weighted by Gasteiger charge is 2.34. The number of rotatable bonds is 3. The molecule has 1 aromatic rings. The normalized spacial score (nSPS) is 16.8. The maximum atomic E-state index is 12.4. The molecule has 1 aliphatic heterocycles. The molecule has 1 saturated heterocycles. The van der Waals surface area contributed by atoms with Gasteiger partial charge in [-0.3, -0.25) is 14.9 Å². The van der Waals surface area contributed by atoms with Crippen molar-refractivity contribution in [2.24, 2.45) is 5.41 Å². The van der Waals surface area contributed by atoms with Crippen molar-refractivity contribution >= 4 is 17.3 Å². The summed E-state index contributed by atoms with van der Waals surface area (Å²) in [5.74, 6) is -0.158. The second-order valence-electron chi connectivity index (χ2n) is 5.36. The third kappa shape index (κ3) is 3.17. The van der Waals surface area contributed by atoms with Crippen molar-refractivity contribution in [1.29, 1.82) is 5.26 Å². The third-order valence-electron chi connectivity index (χ3n) is 3.84. The topological polar surface area (TPSA) is 108 Å². The van der Waals surface area contributed by atoms with E-state index in [2.05, 4.69) is 10.6 Å². The lowest BCUT2D eigenvalue weighted by atomic mass is 9.80. The number of nitro benzene ring substituents is 1. The highest BCUT2D eigenvalue weighted by atomic mass is 16.6. The fourth-order valence-electron chi connectivity index (χ4n) is 2.33. The molecule has 1 aliphatic rings. The molecule has 21 heavy (non-hydrogen) atoms. The summed E-state index contributed by atoms with van der Waals surface area (Å²) in [6.07, 6.45) is 1.43. The van der Waals surface area contributed by atoms with Crippen molar-refractivity contribution in [3.8, 4) is 6.07 Å². The Morgan fingerprint density at radius 3 is 2.71 bits per heavy atom. The van der Waals surface area contributed by atoms with E-state index in [1.165, 1.54) is 18.2 Å². The molecule has 7 heteroatoms. The van der Waals surface area contributed by atoms with E-state index < -0.39 is 10.3 Å². The van der Waals surface area contributed by atoms with Crippen LogP contribution in [0.3, 0.4) is 0 Å². The van der Waals surface area contributed by atoms with Gasteiger partial charge in [0.05, 0.1) is 16.2 Å². The predicted octanol–water partition coefficient (Wildman–Crippen LogP) is 1.79. The Bertz CT molecular complexity index is 615. The third-order valence-corrected chi connectivity index (χ3v) is 3.84. The number of nitrogens with zero attached hydrogens (tertiary/aromatic N) is 2. The number of anilines is 1. The number of carbonyl (C=O) groups excluding carboxylic acids is 1. The zero-order valence-corrected chi connectivity index (χ0v) is 11.7. The van der Waals surface area contributed by atoms with Crippen molar-refractivity contribution in [3.63, 3.8) is 0 Å². The van der Waals surface area contributed by atoms with Crippen molar-refractivity contribution in [2.45, 2.75) is 19.8 Å². The number of amides is 1. The number of nitriles is 1. The smallest absolute Gasteiger partial charge is 0.270 e. The van der Waals surface area contributed by atoms with Gasteiger partial charge in [0.15, 0.2) is 0 Å². The average molecular weight is 288 g/mol. The molecule has 0 spiro atoms. The first-order valence-corrected chi connectivity index (χ1v) is 6.67. The molecule has 1 fully saturated rings. The van der Waals surface area contributed by atoms with E-state index in [9.17, 15) is 14.9 Å². The van der Waals surface area contributed by atoms with Gasteiger partial charge in [0.1, 0.15) is 6.07 Å². The van der Waals surface area contributed by atoms with Gasteiger partial charge in [0.25, 0.3) is 5.69 Å². The standard InChI is InChI=1S/C14H16N4O3/c1-14(4-6-16-7-5-14)13(19)17-12-3-2-11(18(20)21)8-10(12)9-15/h2-3,8,16H,4-7H2,1H3,(H,17,19). The Morgan fingerprint density at radius 1 is 1.48 bits per heavy atom. The van der Waals surface area contributed by atoms with Gasteiger partial charge in [0, 0.05) is 17.5 Å². The van der Waals surface area contributed by atoms with Crippen molar-refractivity contribution in [1.82, 2.24) is 5.32 Å². The van der Waals surface area contributed by atoms with Gasteiger partial charge >= 0.3 is 0 Å². The molecule has 0 aromatic heterocycles. The highest BCUT2D eigenvalue weighted by molar-refractivity contribution is 5.96. The van der Waals surface area contributed by atoms with Crippen LogP contribution >= 0.6 is 0 Å². The molecule has 0 saturated carbocycles. The molecule has 0 bridgehead atoms. The van der Waals surface area contributed by atoms with Crippen LogP contribution in [0.5, 0.6) is 0 Å². The van der Waals surface area contributed by atoms with Crippen LogP contribution in [0.4, 0.5) is 11.4 Å².